The zero-order chi connectivity index (χ0) is 16.8. The highest BCUT2D eigenvalue weighted by Crippen LogP contribution is 2.20. The van der Waals surface area contributed by atoms with E-state index in [1.807, 2.05) is 19.9 Å². The van der Waals surface area contributed by atoms with Gasteiger partial charge in [0.05, 0.1) is 5.56 Å². The number of aromatic nitrogens is 1. The highest BCUT2D eigenvalue weighted by Gasteiger charge is 2.17. The highest BCUT2D eigenvalue weighted by molar-refractivity contribution is 6.31. The van der Waals surface area contributed by atoms with Gasteiger partial charge in [0, 0.05) is 29.6 Å². The third-order valence-electron chi connectivity index (χ3n) is 3.39. The minimum Gasteiger partial charge on any atom is -0.330 e. The zero-order valence-corrected chi connectivity index (χ0v) is 13.8. The Kier molecular flexibility index (Phi) is 5.71. The van der Waals surface area contributed by atoms with Crippen LogP contribution in [0.4, 0.5) is 5.69 Å². The van der Waals surface area contributed by atoms with Gasteiger partial charge in [0.2, 0.25) is 5.91 Å². The smallest absolute Gasteiger partial charge is 0.255 e. The molecule has 2 amide bonds. The van der Waals surface area contributed by atoms with E-state index in [2.05, 4.69) is 10.3 Å². The van der Waals surface area contributed by atoms with Gasteiger partial charge in [0.25, 0.3) is 5.91 Å². The SMILES string of the molecule is CCN(CC(=O)Nc1cc(Cl)ccc1C)C(=O)c1cccnc1. The van der Waals surface area contributed by atoms with Gasteiger partial charge in [0.1, 0.15) is 6.54 Å². The number of carbonyl (C=O) groups excluding carboxylic acids is 2. The molecule has 2 rings (SSSR count). The van der Waals surface area contributed by atoms with Crippen LogP contribution in [-0.4, -0.2) is 34.8 Å². The van der Waals surface area contributed by atoms with Crippen LogP contribution in [-0.2, 0) is 4.79 Å². The third-order valence-corrected chi connectivity index (χ3v) is 3.62. The lowest BCUT2D eigenvalue weighted by Crippen LogP contribution is -2.38. The Labute approximate surface area is 140 Å². The van der Waals surface area contributed by atoms with E-state index >= 15 is 0 Å². The first-order chi connectivity index (χ1) is 11.0. The molecule has 0 aliphatic heterocycles. The topological polar surface area (TPSA) is 62.3 Å². The van der Waals surface area contributed by atoms with Crippen LogP contribution in [0, 0.1) is 6.92 Å². The highest BCUT2D eigenvalue weighted by atomic mass is 35.5. The third kappa shape index (κ3) is 4.53. The van der Waals surface area contributed by atoms with Crippen molar-refractivity contribution < 1.29 is 9.59 Å². The van der Waals surface area contributed by atoms with Gasteiger partial charge in [-0.15, -0.1) is 0 Å². The van der Waals surface area contributed by atoms with Crippen molar-refractivity contribution in [2.24, 2.45) is 0 Å². The quantitative estimate of drug-likeness (QED) is 0.915. The number of amides is 2. The van der Waals surface area contributed by atoms with E-state index in [4.69, 9.17) is 11.6 Å². The summed E-state index contributed by atoms with van der Waals surface area (Å²) in [5, 5.41) is 3.34. The number of likely N-dealkylation sites (N-methyl/N-ethyl adjacent to an activating group) is 1. The van der Waals surface area contributed by atoms with Gasteiger partial charge in [-0.2, -0.15) is 0 Å². The molecule has 1 N–H and O–H groups in total. The summed E-state index contributed by atoms with van der Waals surface area (Å²) in [5.74, 6) is -0.493. The Hall–Kier alpha value is -2.40. The van der Waals surface area contributed by atoms with Crippen molar-refractivity contribution in [2.75, 3.05) is 18.4 Å². The molecular weight excluding hydrogens is 314 g/mol. The Morgan fingerprint density at radius 3 is 2.74 bits per heavy atom. The number of anilines is 1. The summed E-state index contributed by atoms with van der Waals surface area (Å²) in [7, 11) is 0. The number of pyridine rings is 1. The fourth-order valence-corrected chi connectivity index (χ4v) is 2.26. The summed E-state index contributed by atoms with van der Waals surface area (Å²) < 4.78 is 0. The number of halogens is 1. The van der Waals surface area contributed by atoms with E-state index in [-0.39, 0.29) is 18.4 Å². The van der Waals surface area contributed by atoms with Gasteiger partial charge in [-0.25, -0.2) is 0 Å². The zero-order valence-electron chi connectivity index (χ0n) is 13.0. The minimum atomic E-state index is -0.269. The molecule has 1 heterocycles. The van der Waals surface area contributed by atoms with Gasteiger partial charge >= 0.3 is 0 Å². The standard InChI is InChI=1S/C17H18ClN3O2/c1-3-21(17(23)13-5-4-8-19-10-13)11-16(22)20-15-9-14(18)7-6-12(15)2/h4-10H,3,11H2,1-2H3,(H,20,22). The second-order valence-electron chi connectivity index (χ2n) is 5.07. The summed E-state index contributed by atoms with van der Waals surface area (Å²) in [5.41, 5.74) is 2.01. The molecule has 0 bridgehead atoms. The monoisotopic (exact) mass is 331 g/mol. The molecule has 120 valence electrons. The van der Waals surface area contributed by atoms with E-state index < -0.39 is 0 Å². The molecule has 1 aromatic carbocycles. The Morgan fingerprint density at radius 2 is 2.09 bits per heavy atom. The molecular formula is C17H18ClN3O2. The summed E-state index contributed by atoms with van der Waals surface area (Å²) in [6, 6.07) is 8.65. The molecule has 2 aromatic rings. The van der Waals surface area contributed by atoms with Crippen LogP contribution in [0.5, 0.6) is 0 Å². The van der Waals surface area contributed by atoms with Crippen molar-refractivity contribution >= 4 is 29.1 Å². The van der Waals surface area contributed by atoms with Gasteiger partial charge in [-0.3, -0.25) is 14.6 Å². The molecule has 0 spiro atoms. The summed E-state index contributed by atoms with van der Waals surface area (Å²) in [4.78, 5) is 30.0. The first-order valence-corrected chi connectivity index (χ1v) is 7.64. The Morgan fingerprint density at radius 1 is 1.30 bits per heavy atom. The molecule has 0 fully saturated rings. The molecule has 0 saturated heterocycles. The second kappa shape index (κ2) is 7.74. The second-order valence-corrected chi connectivity index (χ2v) is 5.50. The van der Waals surface area contributed by atoms with Crippen LogP contribution < -0.4 is 5.32 Å². The molecule has 1 aromatic heterocycles. The maximum Gasteiger partial charge on any atom is 0.255 e. The van der Waals surface area contributed by atoms with Crippen LogP contribution in [0.1, 0.15) is 22.8 Å². The summed E-state index contributed by atoms with van der Waals surface area (Å²) in [6.07, 6.45) is 3.09. The molecule has 23 heavy (non-hydrogen) atoms. The lowest BCUT2D eigenvalue weighted by atomic mass is 10.2. The summed E-state index contributed by atoms with van der Waals surface area (Å²) >= 11 is 5.94. The van der Waals surface area contributed by atoms with Crippen LogP contribution >= 0.6 is 11.6 Å². The number of benzene rings is 1. The van der Waals surface area contributed by atoms with E-state index in [9.17, 15) is 9.59 Å². The van der Waals surface area contributed by atoms with Crippen LogP contribution in [0.15, 0.2) is 42.7 Å². The molecule has 5 nitrogen and oxygen atoms in total. The fraction of sp³-hybridized carbons (Fsp3) is 0.235. The van der Waals surface area contributed by atoms with E-state index in [0.29, 0.717) is 22.8 Å². The molecule has 0 atom stereocenters. The van der Waals surface area contributed by atoms with Gasteiger partial charge in [-0.05, 0) is 43.7 Å². The van der Waals surface area contributed by atoms with Gasteiger partial charge in [-0.1, -0.05) is 17.7 Å². The van der Waals surface area contributed by atoms with Crippen LogP contribution in [0.2, 0.25) is 5.02 Å². The largest absolute Gasteiger partial charge is 0.330 e. The summed E-state index contributed by atoms with van der Waals surface area (Å²) in [6.45, 7) is 4.10. The number of aryl methyl sites for hydroxylation is 1. The number of hydrogen-bond donors (Lipinski definition) is 1. The molecule has 0 aliphatic carbocycles. The predicted molar refractivity (Wildman–Crippen MR) is 90.6 cm³/mol. The van der Waals surface area contributed by atoms with Crippen molar-refractivity contribution in [3.63, 3.8) is 0 Å². The number of rotatable bonds is 5. The number of nitrogens with zero attached hydrogens (tertiary/aromatic N) is 2. The van der Waals surface area contributed by atoms with Crippen molar-refractivity contribution in [1.29, 1.82) is 0 Å². The molecule has 0 saturated carbocycles. The fourth-order valence-electron chi connectivity index (χ4n) is 2.09. The van der Waals surface area contributed by atoms with Crippen LogP contribution in [0.25, 0.3) is 0 Å². The van der Waals surface area contributed by atoms with Gasteiger partial charge in [0.15, 0.2) is 0 Å². The van der Waals surface area contributed by atoms with Crippen molar-refractivity contribution in [3.8, 4) is 0 Å². The van der Waals surface area contributed by atoms with Crippen LogP contribution in [0.3, 0.4) is 0 Å². The molecule has 6 heteroatoms. The maximum absolute atomic E-state index is 12.4. The predicted octanol–water partition coefficient (Wildman–Crippen LogP) is 3.14. The molecule has 0 unspecified atom stereocenters. The Bertz CT molecular complexity index is 704. The lowest BCUT2D eigenvalue weighted by molar-refractivity contribution is -0.116. The average Bonchev–Trinajstić information content (AvgIpc) is 2.56. The number of carbonyl (C=O) groups is 2. The van der Waals surface area contributed by atoms with E-state index in [0.717, 1.165) is 5.56 Å². The molecule has 0 radical (unpaired) electrons. The molecule has 0 aliphatic rings. The van der Waals surface area contributed by atoms with E-state index in [1.54, 1.807) is 30.5 Å². The van der Waals surface area contributed by atoms with Gasteiger partial charge < -0.3 is 10.2 Å². The number of nitrogens with one attached hydrogen (secondary N) is 1. The lowest BCUT2D eigenvalue weighted by Gasteiger charge is -2.20. The van der Waals surface area contributed by atoms with Crippen molar-refractivity contribution in [1.82, 2.24) is 9.88 Å². The van der Waals surface area contributed by atoms with Crippen molar-refractivity contribution in [2.45, 2.75) is 13.8 Å². The minimum absolute atomic E-state index is 0.0316. The first-order valence-electron chi connectivity index (χ1n) is 7.26. The normalized spacial score (nSPS) is 10.2. The number of hydrogen-bond acceptors (Lipinski definition) is 3. The van der Waals surface area contributed by atoms with Crippen molar-refractivity contribution in [3.05, 3.63) is 58.9 Å². The Balaban J connectivity index is 2.05. The maximum atomic E-state index is 12.4. The average molecular weight is 332 g/mol. The van der Waals surface area contributed by atoms with E-state index in [1.165, 1.54) is 11.1 Å². The first kappa shape index (κ1) is 17.0.